The predicted octanol–water partition coefficient (Wildman–Crippen LogP) is 2.00. The van der Waals surface area contributed by atoms with Gasteiger partial charge in [0.1, 0.15) is 0 Å². The molecule has 1 aromatic rings. The van der Waals surface area contributed by atoms with Gasteiger partial charge in [0.2, 0.25) is 0 Å². The molecular formula is C16H26ClN3O2S. The Balaban J connectivity index is 0.00000192. The molecule has 2 aliphatic heterocycles. The van der Waals surface area contributed by atoms with Gasteiger partial charge in [-0.3, -0.25) is 0 Å². The molecule has 130 valence electrons. The van der Waals surface area contributed by atoms with Crippen LogP contribution in [0.3, 0.4) is 0 Å². The molecule has 0 saturated carbocycles. The van der Waals surface area contributed by atoms with Crippen LogP contribution in [0.15, 0.2) is 30.3 Å². The van der Waals surface area contributed by atoms with Gasteiger partial charge in [-0.1, -0.05) is 37.3 Å². The molecule has 2 aliphatic rings. The van der Waals surface area contributed by atoms with Crippen LogP contribution in [0.4, 0.5) is 0 Å². The maximum Gasteiger partial charge on any atom is 0.282 e. The van der Waals surface area contributed by atoms with Crippen LogP contribution in [0, 0.1) is 0 Å². The molecule has 0 radical (unpaired) electrons. The van der Waals surface area contributed by atoms with Gasteiger partial charge in [-0.2, -0.15) is 17.0 Å². The third-order valence-corrected chi connectivity index (χ3v) is 6.72. The molecule has 1 aromatic carbocycles. The number of halogens is 1. The Bertz CT molecular complexity index is 597. The van der Waals surface area contributed by atoms with E-state index in [0.717, 1.165) is 18.4 Å². The van der Waals surface area contributed by atoms with E-state index in [4.69, 9.17) is 0 Å². The molecule has 0 spiro atoms. The molecule has 1 N–H and O–H groups in total. The number of benzene rings is 1. The van der Waals surface area contributed by atoms with Crippen LogP contribution in [-0.4, -0.2) is 48.7 Å². The molecule has 0 aromatic heterocycles. The first kappa shape index (κ1) is 18.7. The Morgan fingerprint density at radius 2 is 1.87 bits per heavy atom. The third kappa shape index (κ3) is 4.25. The average molecular weight is 360 g/mol. The number of nitrogens with one attached hydrogen (secondary N) is 1. The second-order valence-electron chi connectivity index (χ2n) is 6.20. The SMILES string of the molecule is CCN(Cc1ccccc1)S(=O)(=O)N1CCC2CCC(C1)N2.Cl. The van der Waals surface area contributed by atoms with E-state index in [9.17, 15) is 8.42 Å². The molecule has 23 heavy (non-hydrogen) atoms. The molecule has 3 rings (SSSR count). The van der Waals surface area contributed by atoms with Gasteiger partial charge in [0.25, 0.3) is 10.2 Å². The maximum atomic E-state index is 13.0. The number of nitrogens with zero attached hydrogens (tertiary/aromatic N) is 2. The Kier molecular flexibility index (Phi) is 6.45. The lowest BCUT2D eigenvalue weighted by atomic mass is 10.1. The minimum absolute atomic E-state index is 0. The molecule has 2 atom stereocenters. The number of hydrogen-bond donors (Lipinski definition) is 1. The van der Waals surface area contributed by atoms with Gasteiger partial charge in [-0.15, -0.1) is 12.4 Å². The fraction of sp³-hybridized carbons (Fsp3) is 0.625. The lowest BCUT2D eigenvalue weighted by Gasteiger charge is -2.30. The summed E-state index contributed by atoms with van der Waals surface area (Å²) in [6, 6.07) is 10.6. The fourth-order valence-electron chi connectivity index (χ4n) is 3.43. The summed E-state index contributed by atoms with van der Waals surface area (Å²) in [5.74, 6) is 0. The minimum Gasteiger partial charge on any atom is -0.310 e. The summed E-state index contributed by atoms with van der Waals surface area (Å²) in [5, 5.41) is 3.54. The van der Waals surface area contributed by atoms with Gasteiger partial charge in [0, 0.05) is 38.3 Å². The quantitative estimate of drug-likeness (QED) is 0.874. The Morgan fingerprint density at radius 1 is 1.17 bits per heavy atom. The molecule has 2 fully saturated rings. The van der Waals surface area contributed by atoms with E-state index in [1.807, 2.05) is 37.3 Å². The Labute approximate surface area is 145 Å². The van der Waals surface area contributed by atoms with Crippen molar-refractivity contribution in [3.63, 3.8) is 0 Å². The summed E-state index contributed by atoms with van der Waals surface area (Å²) in [6.45, 7) is 4.07. The summed E-state index contributed by atoms with van der Waals surface area (Å²) < 4.78 is 29.2. The normalized spacial score (nSPS) is 25.1. The first-order chi connectivity index (χ1) is 10.6. The highest BCUT2D eigenvalue weighted by Gasteiger charge is 2.36. The van der Waals surface area contributed by atoms with Gasteiger partial charge >= 0.3 is 0 Å². The van der Waals surface area contributed by atoms with Crippen LogP contribution < -0.4 is 5.32 Å². The van der Waals surface area contributed by atoms with Gasteiger partial charge in [-0.25, -0.2) is 0 Å². The van der Waals surface area contributed by atoms with Crippen LogP contribution in [0.2, 0.25) is 0 Å². The highest BCUT2D eigenvalue weighted by atomic mass is 35.5. The van der Waals surface area contributed by atoms with Crippen LogP contribution >= 0.6 is 12.4 Å². The van der Waals surface area contributed by atoms with E-state index < -0.39 is 10.2 Å². The monoisotopic (exact) mass is 359 g/mol. The molecule has 5 nitrogen and oxygen atoms in total. The van der Waals surface area contributed by atoms with Crippen molar-refractivity contribution in [3.05, 3.63) is 35.9 Å². The molecular weight excluding hydrogens is 334 g/mol. The van der Waals surface area contributed by atoms with Gasteiger partial charge in [0.15, 0.2) is 0 Å². The number of rotatable bonds is 5. The molecule has 2 bridgehead atoms. The molecule has 7 heteroatoms. The summed E-state index contributed by atoms with van der Waals surface area (Å²) in [7, 11) is -3.39. The zero-order valence-corrected chi connectivity index (χ0v) is 15.2. The van der Waals surface area contributed by atoms with Crippen molar-refractivity contribution in [2.75, 3.05) is 19.6 Å². The van der Waals surface area contributed by atoms with Gasteiger partial charge in [-0.05, 0) is 24.8 Å². The van der Waals surface area contributed by atoms with Crippen molar-refractivity contribution < 1.29 is 8.42 Å². The van der Waals surface area contributed by atoms with Crippen molar-refractivity contribution in [2.24, 2.45) is 0 Å². The first-order valence-electron chi connectivity index (χ1n) is 8.15. The largest absolute Gasteiger partial charge is 0.310 e. The second-order valence-corrected chi connectivity index (χ2v) is 8.13. The zero-order chi connectivity index (χ0) is 15.6. The van der Waals surface area contributed by atoms with Gasteiger partial charge in [0.05, 0.1) is 0 Å². The van der Waals surface area contributed by atoms with Gasteiger partial charge < -0.3 is 5.32 Å². The zero-order valence-electron chi connectivity index (χ0n) is 13.5. The molecule has 2 unspecified atom stereocenters. The summed E-state index contributed by atoms with van der Waals surface area (Å²) in [6.07, 6.45) is 3.18. The highest BCUT2D eigenvalue weighted by Crippen LogP contribution is 2.23. The fourth-order valence-corrected chi connectivity index (χ4v) is 5.10. The van der Waals surface area contributed by atoms with E-state index in [1.165, 1.54) is 6.42 Å². The minimum atomic E-state index is -3.39. The highest BCUT2D eigenvalue weighted by molar-refractivity contribution is 7.86. The topological polar surface area (TPSA) is 52.7 Å². The number of fused-ring (bicyclic) bond motifs is 2. The van der Waals surface area contributed by atoms with Crippen LogP contribution in [0.1, 0.15) is 31.7 Å². The first-order valence-corrected chi connectivity index (χ1v) is 9.54. The number of hydrogen-bond acceptors (Lipinski definition) is 3. The van der Waals surface area contributed by atoms with Crippen molar-refractivity contribution >= 4 is 22.6 Å². The Hall–Kier alpha value is -0.660. The van der Waals surface area contributed by atoms with E-state index in [-0.39, 0.29) is 12.4 Å². The summed E-state index contributed by atoms with van der Waals surface area (Å²) in [5.41, 5.74) is 1.03. The second kappa shape index (κ2) is 7.94. The lowest BCUT2D eigenvalue weighted by Crippen LogP contribution is -2.46. The Morgan fingerprint density at radius 3 is 2.57 bits per heavy atom. The molecule has 0 aliphatic carbocycles. The standard InChI is InChI=1S/C16H25N3O2S.ClH/c1-2-18(12-14-6-4-3-5-7-14)22(20,21)19-11-10-15-8-9-16(13-19)17-15;/h3-7,15-17H,2,8-13H2,1H3;1H. The van der Waals surface area contributed by atoms with E-state index in [0.29, 0.717) is 38.3 Å². The lowest BCUT2D eigenvalue weighted by molar-refractivity contribution is 0.326. The molecule has 2 saturated heterocycles. The van der Waals surface area contributed by atoms with Crippen molar-refractivity contribution in [1.29, 1.82) is 0 Å². The van der Waals surface area contributed by atoms with E-state index >= 15 is 0 Å². The van der Waals surface area contributed by atoms with Crippen LogP contribution in [-0.2, 0) is 16.8 Å². The van der Waals surface area contributed by atoms with Crippen molar-refractivity contribution in [3.8, 4) is 0 Å². The van der Waals surface area contributed by atoms with Crippen molar-refractivity contribution in [1.82, 2.24) is 13.9 Å². The summed E-state index contributed by atoms with van der Waals surface area (Å²) >= 11 is 0. The average Bonchev–Trinajstić information content (AvgIpc) is 2.84. The van der Waals surface area contributed by atoms with E-state index in [1.54, 1.807) is 8.61 Å². The smallest absolute Gasteiger partial charge is 0.282 e. The predicted molar refractivity (Wildman–Crippen MR) is 94.8 cm³/mol. The molecule has 2 heterocycles. The van der Waals surface area contributed by atoms with Crippen molar-refractivity contribution in [2.45, 2.75) is 44.8 Å². The van der Waals surface area contributed by atoms with Crippen LogP contribution in [0.5, 0.6) is 0 Å². The van der Waals surface area contributed by atoms with E-state index in [2.05, 4.69) is 5.32 Å². The van der Waals surface area contributed by atoms with Crippen LogP contribution in [0.25, 0.3) is 0 Å². The summed E-state index contributed by atoms with van der Waals surface area (Å²) in [4.78, 5) is 0. The molecule has 0 amide bonds. The maximum absolute atomic E-state index is 13.0. The third-order valence-electron chi connectivity index (χ3n) is 4.69.